The van der Waals surface area contributed by atoms with E-state index in [2.05, 4.69) is 10.00 Å². The van der Waals surface area contributed by atoms with Crippen LogP contribution in [0.25, 0.3) is 0 Å². The maximum atomic E-state index is 9.49. The highest BCUT2D eigenvalue weighted by Crippen LogP contribution is 2.12. The summed E-state index contributed by atoms with van der Waals surface area (Å²) >= 11 is 0. The van der Waals surface area contributed by atoms with Crippen LogP contribution in [-0.2, 0) is 6.42 Å². The molecule has 104 valence electrons. The van der Waals surface area contributed by atoms with E-state index >= 15 is 0 Å². The van der Waals surface area contributed by atoms with Crippen LogP contribution >= 0.6 is 0 Å². The van der Waals surface area contributed by atoms with Crippen molar-refractivity contribution in [3.05, 3.63) is 29.6 Å². The summed E-state index contributed by atoms with van der Waals surface area (Å²) in [6.45, 7) is 6.57. The molecule has 0 spiro atoms. The molecular weight excluding hydrogens is 240 g/mol. The number of aliphatic hydroxyl groups is 1. The molecule has 2 heterocycles. The normalized spacial score (nSPS) is 20.5. The Balaban J connectivity index is 1.95. The minimum Gasteiger partial charge on any atom is -0.392 e. The molecule has 1 saturated heterocycles. The van der Waals surface area contributed by atoms with Crippen LogP contribution in [0.3, 0.4) is 0 Å². The third-order valence-electron chi connectivity index (χ3n) is 3.52. The monoisotopic (exact) mass is 262 g/mol. The van der Waals surface area contributed by atoms with Crippen LogP contribution in [0.2, 0.25) is 0 Å². The second-order valence-electron chi connectivity index (χ2n) is 5.06. The summed E-state index contributed by atoms with van der Waals surface area (Å²) < 4.78 is 1.61. The van der Waals surface area contributed by atoms with Gasteiger partial charge in [-0.15, -0.1) is 0 Å². The lowest BCUT2D eigenvalue weighted by Crippen LogP contribution is -2.24. The molecule has 19 heavy (non-hydrogen) atoms. The first kappa shape index (κ1) is 14.0. The third-order valence-corrected chi connectivity index (χ3v) is 3.52. The first-order valence-corrected chi connectivity index (χ1v) is 6.77. The van der Waals surface area contributed by atoms with Crippen LogP contribution in [0.5, 0.6) is 0 Å². The topological polar surface area (TPSA) is 65.1 Å². The molecule has 0 bridgehead atoms. The predicted molar refractivity (Wildman–Crippen MR) is 75.7 cm³/mol. The zero-order chi connectivity index (χ0) is 13.8. The maximum Gasteiger partial charge on any atom is 0.145 e. The SMILES string of the molecule is C/C=C\C(=N)n1cc(CCN2CC[C@@H](O)C2)c(C)n1. The lowest BCUT2D eigenvalue weighted by Gasteiger charge is -2.13. The maximum absolute atomic E-state index is 9.49. The zero-order valence-corrected chi connectivity index (χ0v) is 11.6. The number of allylic oxidation sites excluding steroid dienone is 2. The fourth-order valence-corrected chi connectivity index (χ4v) is 2.39. The Morgan fingerprint density at radius 3 is 3.05 bits per heavy atom. The number of nitrogens with zero attached hydrogens (tertiary/aromatic N) is 3. The van der Waals surface area contributed by atoms with Gasteiger partial charge in [0.1, 0.15) is 5.84 Å². The molecule has 0 radical (unpaired) electrons. The summed E-state index contributed by atoms with van der Waals surface area (Å²) in [6.07, 6.45) is 7.14. The third kappa shape index (κ3) is 3.52. The highest BCUT2D eigenvalue weighted by molar-refractivity contribution is 5.91. The average Bonchev–Trinajstić information content (AvgIpc) is 2.94. The summed E-state index contributed by atoms with van der Waals surface area (Å²) in [6, 6.07) is 0. The largest absolute Gasteiger partial charge is 0.392 e. The van der Waals surface area contributed by atoms with E-state index in [9.17, 15) is 5.11 Å². The fourth-order valence-electron chi connectivity index (χ4n) is 2.39. The van der Waals surface area contributed by atoms with Gasteiger partial charge in [-0.1, -0.05) is 6.08 Å². The molecule has 0 amide bonds. The second-order valence-corrected chi connectivity index (χ2v) is 5.06. The molecule has 0 aromatic carbocycles. The Labute approximate surface area is 114 Å². The van der Waals surface area contributed by atoms with Crippen LogP contribution in [-0.4, -0.2) is 51.4 Å². The Morgan fingerprint density at radius 2 is 2.42 bits per heavy atom. The number of rotatable bonds is 4. The van der Waals surface area contributed by atoms with E-state index in [1.807, 2.05) is 26.1 Å². The van der Waals surface area contributed by atoms with Gasteiger partial charge in [-0.3, -0.25) is 5.41 Å². The number of aromatic nitrogens is 2. The molecule has 2 N–H and O–H groups in total. The average molecular weight is 262 g/mol. The zero-order valence-electron chi connectivity index (χ0n) is 11.6. The smallest absolute Gasteiger partial charge is 0.145 e. The van der Waals surface area contributed by atoms with Gasteiger partial charge in [0.2, 0.25) is 0 Å². The molecule has 2 rings (SSSR count). The van der Waals surface area contributed by atoms with Gasteiger partial charge in [0.25, 0.3) is 0 Å². The molecule has 1 fully saturated rings. The van der Waals surface area contributed by atoms with E-state index in [-0.39, 0.29) is 6.10 Å². The highest BCUT2D eigenvalue weighted by Gasteiger charge is 2.20. The van der Waals surface area contributed by atoms with Gasteiger partial charge in [0.15, 0.2) is 0 Å². The van der Waals surface area contributed by atoms with Crippen molar-refractivity contribution in [2.24, 2.45) is 0 Å². The van der Waals surface area contributed by atoms with Gasteiger partial charge in [-0.2, -0.15) is 5.10 Å². The van der Waals surface area contributed by atoms with Gasteiger partial charge in [-0.05, 0) is 38.3 Å². The van der Waals surface area contributed by atoms with Crippen LogP contribution in [0.15, 0.2) is 18.3 Å². The van der Waals surface area contributed by atoms with Gasteiger partial charge < -0.3 is 10.0 Å². The summed E-state index contributed by atoms with van der Waals surface area (Å²) in [7, 11) is 0. The van der Waals surface area contributed by atoms with Gasteiger partial charge >= 0.3 is 0 Å². The minimum atomic E-state index is -0.160. The van der Waals surface area contributed by atoms with Crippen molar-refractivity contribution in [2.75, 3.05) is 19.6 Å². The summed E-state index contributed by atoms with van der Waals surface area (Å²) in [5, 5.41) is 21.7. The Bertz CT molecular complexity index is 478. The predicted octanol–water partition coefficient (Wildman–Crippen LogP) is 1.20. The molecule has 5 nitrogen and oxygen atoms in total. The number of hydrogen-bond donors (Lipinski definition) is 2. The van der Waals surface area contributed by atoms with E-state index < -0.39 is 0 Å². The summed E-state index contributed by atoms with van der Waals surface area (Å²) in [5.74, 6) is 0.383. The number of hydrogen-bond acceptors (Lipinski definition) is 4. The second kappa shape index (κ2) is 6.12. The quantitative estimate of drug-likeness (QED) is 0.633. The molecule has 1 aliphatic rings. The first-order valence-electron chi connectivity index (χ1n) is 6.77. The highest BCUT2D eigenvalue weighted by atomic mass is 16.3. The Kier molecular flexibility index (Phi) is 4.50. The fraction of sp³-hybridized carbons (Fsp3) is 0.571. The lowest BCUT2D eigenvalue weighted by atomic mass is 10.2. The summed E-state index contributed by atoms with van der Waals surface area (Å²) in [5.41, 5.74) is 2.16. The molecule has 1 atom stereocenters. The van der Waals surface area contributed by atoms with Gasteiger partial charge in [0.05, 0.1) is 11.8 Å². The van der Waals surface area contributed by atoms with E-state index in [1.54, 1.807) is 10.8 Å². The van der Waals surface area contributed by atoms with Crippen LogP contribution in [0.4, 0.5) is 0 Å². The lowest BCUT2D eigenvalue weighted by molar-refractivity contribution is 0.177. The number of likely N-dealkylation sites (tertiary alicyclic amines) is 1. The Hall–Kier alpha value is -1.46. The molecule has 1 aromatic rings. The van der Waals surface area contributed by atoms with Crippen molar-refractivity contribution in [1.29, 1.82) is 5.41 Å². The molecule has 5 heteroatoms. The Morgan fingerprint density at radius 1 is 1.63 bits per heavy atom. The van der Waals surface area contributed by atoms with E-state index in [4.69, 9.17) is 5.41 Å². The van der Waals surface area contributed by atoms with Crippen molar-refractivity contribution < 1.29 is 5.11 Å². The van der Waals surface area contributed by atoms with Crippen LogP contribution in [0, 0.1) is 12.3 Å². The number of β-amino-alcohol motifs (C(OH)–C–C–N with tert-alkyl or cyclic N) is 1. The van der Waals surface area contributed by atoms with Crippen LogP contribution < -0.4 is 0 Å². The molecule has 0 aliphatic carbocycles. The van der Waals surface area contributed by atoms with Crippen molar-refractivity contribution in [3.8, 4) is 0 Å². The molecular formula is C14H22N4O. The van der Waals surface area contributed by atoms with Gasteiger partial charge in [0, 0.05) is 25.8 Å². The van der Waals surface area contributed by atoms with Crippen molar-refractivity contribution in [1.82, 2.24) is 14.7 Å². The van der Waals surface area contributed by atoms with Gasteiger partial charge in [-0.25, -0.2) is 4.68 Å². The summed E-state index contributed by atoms with van der Waals surface area (Å²) in [4.78, 5) is 2.28. The van der Waals surface area contributed by atoms with Crippen LogP contribution in [0.1, 0.15) is 24.6 Å². The van der Waals surface area contributed by atoms with Crippen molar-refractivity contribution >= 4 is 5.84 Å². The molecule has 1 aromatic heterocycles. The van der Waals surface area contributed by atoms with Crippen molar-refractivity contribution in [3.63, 3.8) is 0 Å². The minimum absolute atomic E-state index is 0.160. The standard InChI is InChI=1S/C14H22N4O/c1-3-4-14(15)18-9-12(11(2)16-18)5-7-17-8-6-13(19)10-17/h3-4,9,13,15,19H,5-8,10H2,1-2H3/b4-3-,15-14?/t13-/m1/s1. The van der Waals surface area contributed by atoms with E-state index in [0.29, 0.717) is 5.84 Å². The van der Waals surface area contributed by atoms with E-state index in [1.165, 1.54) is 5.56 Å². The molecule has 0 saturated carbocycles. The number of nitrogens with one attached hydrogen (secondary N) is 1. The van der Waals surface area contributed by atoms with Crippen molar-refractivity contribution in [2.45, 2.75) is 32.8 Å². The molecule has 0 unspecified atom stereocenters. The number of aliphatic hydroxyl groups excluding tert-OH is 1. The number of aryl methyl sites for hydroxylation is 1. The first-order chi connectivity index (χ1) is 9.10. The molecule has 1 aliphatic heterocycles. The van der Waals surface area contributed by atoms with E-state index in [0.717, 1.165) is 38.2 Å².